The van der Waals surface area contributed by atoms with Crippen molar-refractivity contribution in [3.8, 4) is 0 Å². The van der Waals surface area contributed by atoms with Gasteiger partial charge in [0.25, 0.3) is 0 Å². The van der Waals surface area contributed by atoms with Crippen LogP contribution in [0.1, 0.15) is 70.3 Å². The molecule has 1 aliphatic rings. The summed E-state index contributed by atoms with van der Waals surface area (Å²) >= 11 is 5.72. The first-order valence-corrected chi connectivity index (χ1v) is 9.00. The standard InChI is InChI=1S/C19H28ClF/c1-2-3-4-5-15-6-8-16(9-7-15)10-11-17-12-13-18(20)19(21)14-17/h12-16H,2-11H2,1H3. The Bertz CT molecular complexity index is 422. The highest BCUT2D eigenvalue weighted by atomic mass is 35.5. The van der Waals surface area contributed by atoms with E-state index in [2.05, 4.69) is 6.92 Å². The first-order chi connectivity index (χ1) is 10.2. The zero-order chi connectivity index (χ0) is 15.1. The van der Waals surface area contributed by atoms with Gasteiger partial charge in [-0.2, -0.15) is 0 Å². The molecule has 2 rings (SSSR count). The van der Waals surface area contributed by atoms with Crippen molar-refractivity contribution >= 4 is 11.6 Å². The van der Waals surface area contributed by atoms with E-state index in [1.54, 1.807) is 12.1 Å². The highest BCUT2D eigenvalue weighted by Gasteiger charge is 2.20. The lowest BCUT2D eigenvalue weighted by Gasteiger charge is -2.28. The van der Waals surface area contributed by atoms with Crippen molar-refractivity contribution in [2.24, 2.45) is 11.8 Å². The summed E-state index contributed by atoms with van der Waals surface area (Å²) in [5, 5.41) is 0.228. The van der Waals surface area contributed by atoms with Crippen LogP contribution in [0.3, 0.4) is 0 Å². The van der Waals surface area contributed by atoms with Crippen LogP contribution in [-0.2, 0) is 6.42 Å². The Morgan fingerprint density at radius 2 is 1.71 bits per heavy atom. The van der Waals surface area contributed by atoms with Gasteiger partial charge in [0.2, 0.25) is 0 Å². The molecular weight excluding hydrogens is 283 g/mol. The molecular formula is C19H28ClF. The topological polar surface area (TPSA) is 0 Å². The Morgan fingerprint density at radius 1 is 1.05 bits per heavy atom. The van der Waals surface area contributed by atoms with Gasteiger partial charge in [0.15, 0.2) is 0 Å². The van der Waals surface area contributed by atoms with Crippen molar-refractivity contribution in [3.63, 3.8) is 0 Å². The Hall–Kier alpha value is -0.560. The number of halogens is 2. The predicted molar refractivity (Wildman–Crippen MR) is 89.3 cm³/mol. The smallest absolute Gasteiger partial charge is 0.142 e. The van der Waals surface area contributed by atoms with Gasteiger partial charge < -0.3 is 0 Å². The van der Waals surface area contributed by atoms with Crippen molar-refractivity contribution in [3.05, 3.63) is 34.6 Å². The van der Waals surface area contributed by atoms with Crippen LogP contribution in [-0.4, -0.2) is 0 Å². The van der Waals surface area contributed by atoms with Gasteiger partial charge in [-0.15, -0.1) is 0 Å². The largest absolute Gasteiger partial charge is 0.205 e. The van der Waals surface area contributed by atoms with E-state index in [0.29, 0.717) is 0 Å². The molecule has 21 heavy (non-hydrogen) atoms. The fourth-order valence-corrected chi connectivity index (χ4v) is 3.68. The van der Waals surface area contributed by atoms with E-state index in [1.165, 1.54) is 57.8 Å². The second kappa shape index (κ2) is 8.78. The van der Waals surface area contributed by atoms with Gasteiger partial charge >= 0.3 is 0 Å². The molecule has 0 heterocycles. The summed E-state index contributed by atoms with van der Waals surface area (Å²) in [6.07, 6.45) is 13.3. The monoisotopic (exact) mass is 310 g/mol. The molecule has 1 aliphatic carbocycles. The number of aryl methyl sites for hydroxylation is 1. The van der Waals surface area contributed by atoms with Gasteiger partial charge in [-0.3, -0.25) is 0 Å². The van der Waals surface area contributed by atoms with E-state index >= 15 is 0 Å². The van der Waals surface area contributed by atoms with E-state index in [0.717, 1.165) is 23.8 Å². The van der Waals surface area contributed by atoms with Gasteiger partial charge in [-0.1, -0.05) is 76.0 Å². The zero-order valence-electron chi connectivity index (χ0n) is 13.2. The van der Waals surface area contributed by atoms with Crippen LogP contribution in [0.4, 0.5) is 4.39 Å². The molecule has 1 aromatic rings. The van der Waals surface area contributed by atoms with Crippen LogP contribution in [0.5, 0.6) is 0 Å². The van der Waals surface area contributed by atoms with Crippen molar-refractivity contribution in [1.29, 1.82) is 0 Å². The lowest BCUT2D eigenvalue weighted by atomic mass is 9.78. The zero-order valence-corrected chi connectivity index (χ0v) is 14.0. The second-order valence-corrected chi connectivity index (χ2v) is 7.08. The van der Waals surface area contributed by atoms with Gasteiger partial charge in [0, 0.05) is 0 Å². The molecule has 0 unspecified atom stereocenters. The lowest BCUT2D eigenvalue weighted by Crippen LogP contribution is -2.15. The molecule has 1 aromatic carbocycles. The Balaban J connectivity index is 1.67. The van der Waals surface area contributed by atoms with Crippen LogP contribution in [0, 0.1) is 17.7 Å². The fourth-order valence-electron chi connectivity index (χ4n) is 3.56. The van der Waals surface area contributed by atoms with E-state index in [-0.39, 0.29) is 10.8 Å². The summed E-state index contributed by atoms with van der Waals surface area (Å²) in [4.78, 5) is 0. The minimum Gasteiger partial charge on any atom is -0.205 e. The first-order valence-electron chi connectivity index (χ1n) is 8.63. The maximum Gasteiger partial charge on any atom is 0.142 e. The van der Waals surface area contributed by atoms with Gasteiger partial charge in [-0.05, 0) is 42.4 Å². The minimum atomic E-state index is -0.284. The third kappa shape index (κ3) is 5.62. The van der Waals surface area contributed by atoms with Crippen molar-refractivity contribution in [2.75, 3.05) is 0 Å². The van der Waals surface area contributed by atoms with E-state index < -0.39 is 0 Å². The Kier molecular flexibility index (Phi) is 7.03. The molecule has 1 fully saturated rings. The maximum absolute atomic E-state index is 13.4. The molecule has 0 aromatic heterocycles. The molecule has 0 amide bonds. The number of hydrogen-bond acceptors (Lipinski definition) is 0. The first kappa shape index (κ1) is 16.8. The molecule has 0 aliphatic heterocycles. The van der Waals surface area contributed by atoms with E-state index in [9.17, 15) is 4.39 Å². The lowest BCUT2D eigenvalue weighted by molar-refractivity contribution is 0.249. The summed E-state index contributed by atoms with van der Waals surface area (Å²) in [7, 11) is 0. The highest BCUT2D eigenvalue weighted by Crippen LogP contribution is 2.34. The van der Waals surface area contributed by atoms with E-state index in [4.69, 9.17) is 11.6 Å². The number of hydrogen-bond donors (Lipinski definition) is 0. The SMILES string of the molecule is CCCCCC1CCC(CCc2ccc(Cl)c(F)c2)CC1. The summed E-state index contributed by atoms with van der Waals surface area (Å²) in [6.45, 7) is 2.27. The van der Waals surface area contributed by atoms with Gasteiger partial charge in [0.05, 0.1) is 5.02 Å². The highest BCUT2D eigenvalue weighted by molar-refractivity contribution is 6.30. The molecule has 0 spiro atoms. The van der Waals surface area contributed by atoms with Crippen LogP contribution < -0.4 is 0 Å². The molecule has 0 nitrogen and oxygen atoms in total. The van der Waals surface area contributed by atoms with Crippen molar-refractivity contribution in [2.45, 2.75) is 71.1 Å². The summed E-state index contributed by atoms with van der Waals surface area (Å²) < 4.78 is 13.4. The quantitative estimate of drug-likeness (QED) is 0.486. The summed E-state index contributed by atoms with van der Waals surface area (Å²) in [5.41, 5.74) is 1.09. The van der Waals surface area contributed by atoms with Crippen LogP contribution in [0.15, 0.2) is 18.2 Å². The van der Waals surface area contributed by atoms with Gasteiger partial charge in [-0.25, -0.2) is 4.39 Å². The molecule has 0 atom stereocenters. The van der Waals surface area contributed by atoms with Crippen LogP contribution in [0.25, 0.3) is 0 Å². The number of rotatable bonds is 7. The van der Waals surface area contributed by atoms with Crippen LogP contribution in [0.2, 0.25) is 5.02 Å². The second-order valence-electron chi connectivity index (χ2n) is 6.67. The minimum absolute atomic E-state index is 0.228. The maximum atomic E-state index is 13.4. The van der Waals surface area contributed by atoms with E-state index in [1.807, 2.05) is 6.07 Å². The van der Waals surface area contributed by atoms with Gasteiger partial charge in [0.1, 0.15) is 5.82 Å². The van der Waals surface area contributed by atoms with Crippen LogP contribution >= 0.6 is 11.6 Å². The third-order valence-electron chi connectivity index (χ3n) is 5.01. The van der Waals surface area contributed by atoms with Crippen molar-refractivity contribution < 1.29 is 4.39 Å². The molecule has 1 saturated carbocycles. The number of unbranched alkanes of at least 4 members (excludes halogenated alkanes) is 2. The molecule has 2 heteroatoms. The normalized spacial score (nSPS) is 22.4. The molecule has 0 N–H and O–H groups in total. The Labute approximate surface area is 134 Å². The fraction of sp³-hybridized carbons (Fsp3) is 0.684. The average molecular weight is 311 g/mol. The third-order valence-corrected chi connectivity index (χ3v) is 5.31. The summed E-state index contributed by atoms with van der Waals surface area (Å²) in [5.74, 6) is 1.53. The molecule has 118 valence electrons. The number of benzene rings is 1. The molecule has 0 bridgehead atoms. The van der Waals surface area contributed by atoms with Crippen molar-refractivity contribution in [1.82, 2.24) is 0 Å². The predicted octanol–water partition coefficient (Wildman–Crippen LogP) is 6.80. The summed E-state index contributed by atoms with van der Waals surface area (Å²) in [6, 6.07) is 5.23. The Morgan fingerprint density at radius 3 is 2.33 bits per heavy atom. The average Bonchev–Trinajstić information content (AvgIpc) is 2.50. The molecule has 0 radical (unpaired) electrons. The molecule has 0 saturated heterocycles.